The first-order chi connectivity index (χ1) is 11.1. The second-order valence-electron chi connectivity index (χ2n) is 5.13. The normalized spacial score (nSPS) is 12.5. The molecule has 0 aliphatic carbocycles. The predicted octanol–water partition coefficient (Wildman–Crippen LogP) is 3.27. The summed E-state index contributed by atoms with van der Waals surface area (Å²) in [6.07, 6.45) is 0. The molecule has 23 heavy (non-hydrogen) atoms. The molecule has 1 heterocycles. The van der Waals surface area contributed by atoms with Gasteiger partial charge in [0.15, 0.2) is 0 Å². The molecule has 0 aromatic heterocycles. The van der Waals surface area contributed by atoms with Gasteiger partial charge in [0.2, 0.25) is 0 Å². The molecule has 2 aromatic rings. The molecule has 1 aliphatic heterocycles. The van der Waals surface area contributed by atoms with Crippen LogP contribution in [0, 0.1) is 0 Å². The zero-order chi connectivity index (χ0) is 16.2. The van der Waals surface area contributed by atoms with E-state index in [0.717, 1.165) is 11.4 Å². The average Bonchev–Trinajstić information content (AvgIpc) is 2.97. The minimum atomic E-state index is -0.181. The highest BCUT2D eigenvalue weighted by Crippen LogP contribution is 2.22. The smallest absolute Gasteiger partial charge is 0.251 e. The van der Waals surface area contributed by atoms with Crippen LogP contribution in [0.25, 0.3) is 0 Å². The van der Waals surface area contributed by atoms with Crippen LogP contribution in [0.5, 0.6) is 0 Å². The Labute approximate surface area is 144 Å². The zero-order valence-electron chi connectivity index (χ0n) is 12.3. The van der Waals surface area contributed by atoms with E-state index < -0.39 is 0 Å². The molecule has 1 amide bonds. The Morgan fingerprint density at radius 2 is 1.91 bits per heavy atom. The number of nitrogens with zero attached hydrogens (tertiary/aromatic N) is 1. The highest BCUT2D eigenvalue weighted by Gasteiger charge is 2.14. The molecule has 2 aromatic carbocycles. The monoisotopic (exact) mass is 347 g/mol. The van der Waals surface area contributed by atoms with E-state index >= 15 is 0 Å². The molecule has 3 rings (SSSR count). The molecule has 0 saturated heterocycles. The lowest BCUT2D eigenvalue weighted by Gasteiger charge is -2.09. The van der Waals surface area contributed by atoms with Gasteiger partial charge in [-0.15, -0.1) is 0 Å². The lowest BCUT2D eigenvalue weighted by molar-refractivity contribution is 0.0954. The van der Waals surface area contributed by atoms with Gasteiger partial charge in [-0.1, -0.05) is 47.5 Å². The summed E-state index contributed by atoms with van der Waals surface area (Å²) in [6, 6.07) is 12.9. The van der Waals surface area contributed by atoms with Crippen LogP contribution in [-0.4, -0.2) is 24.8 Å². The number of hydrogen-bond donors (Lipinski definition) is 2. The summed E-state index contributed by atoms with van der Waals surface area (Å²) >= 11 is 11.8. The second-order valence-corrected chi connectivity index (χ2v) is 5.95. The number of aliphatic imine (C=N–C) groups is 1. The van der Waals surface area contributed by atoms with Gasteiger partial charge in [0.05, 0.1) is 16.6 Å². The van der Waals surface area contributed by atoms with Crippen molar-refractivity contribution in [3.05, 3.63) is 69.2 Å². The van der Waals surface area contributed by atoms with Crippen molar-refractivity contribution >= 4 is 34.9 Å². The number of fused-ring (bicyclic) bond motifs is 1. The Hall–Kier alpha value is -2.04. The predicted molar refractivity (Wildman–Crippen MR) is 93.5 cm³/mol. The number of carbonyl (C=O) groups is 1. The fourth-order valence-electron chi connectivity index (χ4n) is 2.39. The third-order valence-corrected chi connectivity index (χ3v) is 4.30. The highest BCUT2D eigenvalue weighted by molar-refractivity contribution is 6.42. The van der Waals surface area contributed by atoms with Crippen molar-refractivity contribution in [2.75, 3.05) is 13.1 Å². The van der Waals surface area contributed by atoms with Crippen LogP contribution in [-0.2, 0) is 6.54 Å². The molecule has 118 valence electrons. The van der Waals surface area contributed by atoms with Crippen molar-refractivity contribution in [3.8, 4) is 0 Å². The number of halogens is 2. The lowest BCUT2D eigenvalue weighted by atomic mass is 10.1. The first kappa shape index (κ1) is 15.8. The maximum atomic E-state index is 12.0. The number of hydrogen-bond acceptors (Lipinski definition) is 3. The number of carbonyl (C=O) groups excluding carboxylic acids is 1. The fourth-order valence-corrected chi connectivity index (χ4v) is 2.68. The van der Waals surface area contributed by atoms with Crippen molar-refractivity contribution in [2.45, 2.75) is 6.54 Å². The van der Waals surface area contributed by atoms with Crippen LogP contribution < -0.4 is 10.6 Å². The fraction of sp³-hybridized carbons (Fsp3) is 0.176. The van der Waals surface area contributed by atoms with Gasteiger partial charge < -0.3 is 10.6 Å². The molecule has 2 N–H and O–H groups in total. The minimum absolute atomic E-state index is 0.181. The van der Waals surface area contributed by atoms with Crippen molar-refractivity contribution in [2.24, 2.45) is 4.99 Å². The van der Waals surface area contributed by atoms with Gasteiger partial charge in [0.1, 0.15) is 5.84 Å². The number of nitrogens with one attached hydrogen (secondary N) is 2. The van der Waals surface area contributed by atoms with Crippen molar-refractivity contribution in [3.63, 3.8) is 0 Å². The van der Waals surface area contributed by atoms with Gasteiger partial charge in [-0.25, -0.2) is 0 Å². The van der Waals surface area contributed by atoms with Gasteiger partial charge in [0, 0.05) is 24.2 Å². The van der Waals surface area contributed by atoms with E-state index in [1.807, 2.05) is 18.2 Å². The van der Waals surface area contributed by atoms with Gasteiger partial charge in [-0.05, 0) is 23.8 Å². The summed E-state index contributed by atoms with van der Waals surface area (Å²) in [6.45, 7) is 1.79. The van der Waals surface area contributed by atoms with Crippen LogP contribution in [0.2, 0.25) is 10.0 Å². The molecule has 0 fully saturated rings. The van der Waals surface area contributed by atoms with E-state index in [-0.39, 0.29) is 5.91 Å². The first-order valence-corrected chi connectivity index (χ1v) is 8.00. The van der Waals surface area contributed by atoms with E-state index in [2.05, 4.69) is 21.7 Å². The van der Waals surface area contributed by atoms with Crippen LogP contribution in [0.3, 0.4) is 0 Å². The molecule has 1 aliphatic rings. The van der Waals surface area contributed by atoms with Crippen LogP contribution in [0.4, 0.5) is 0 Å². The number of amidine groups is 1. The van der Waals surface area contributed by atoms with Crippen LogP contribution in [0.1, 0.15) is 21.5 Å². The zero-order valence-corrected chi connectivity index (χ0v) is 13.8. The maximum Gasteiger partial charge on any atom is 0.251 e. The highest BCUT2D eigenvalue weighted by atomic mass is 35.5. The summed E-state index contributed by atoms with van der Waals surface area (Å²) in [4.78, 5) is 16.5. The van der Waals surface area contributed by atoms with E-state index in [1.165, 1.54) is 5.56 Å². The Morgan fingerprint density at radius 3 is 2.74 bits per heavy atom. The largest absolute Gasteiger partial charge is 0.368 e. The van der Waals surface area contributed by atoms with E-state index in [4.69, 9.17) is 23.2 Å². The van der Waals surface area contributed by atoms with E-state index in [0.29, 0.717) is 35.2 Å². The Kier molecular flexibility index (Phi) is 4.84. The Bertz CT molecular complexity index is 774. The number of rotatable bonds is 4. The van der Waals surface area contributed by atoms with Gasteiger partial charge >= 0.3 is 0 Å². The summed E-state index contributed by atoms with van der Waals surface area (Å²) in [7, 11) is 0. The first-order valence-electron chi connectivity index (χ1n) is 7.25. The van der Waals surface area contributed by atoms with Crippen molar-refractivity contribution in [1.29, 1.82) is 0 Å². The third kappa shape index (κ3) is 3.66. The standard InChI is InChI=1S/C17H15Cl2N3O/c18-14-6-5-11(9-15(14)19)17(23)21-8-7-20-16-13-4-2-1-3-12(13)10-22-16/h1-6,9H,7-8,10H2,(H,20,22)(H,21,23). The molecule has 0 unspecified atom stereocenters. The number of benzene rings is 2. The van der Waals surface area contributed by atoms with Crippen molar-refractivity contribution < 1.29 is 4.79 Å². The molecular formula is C17H15Cl2N3O. The molecule has 4 nitrogen and oxygen atoms in total. The van der Waals surface area contributed by atoms with Crippen LogP contribution in [0.15, 0.2) is 47.5 Å². The Morgan fingerprint density at radius 1 is 1.09 bits per heavy atom. The van der Waals surface area contributed by atoms with Gasteiger partial charge in [-0.2, -0.15) is 0 Å². The summed E-state index contributed by atoms with van der Waals surface area (Å²) in [5, 5.41) is 6.89. The van der Waals surface area contributed by atoms with Gasteiger partial charge in [0.25, 0.3) is 5.91 Å². The second kappa shape index (κ2) is 7.02. The number of amides is 1. The minimum Gasteiger partial charge on any atom is -0.368 e. The average molecular weight is 348 g/mol. The Balaban J connectivity index is 1.49. The summed E-state index contributed by atoms with van der Waals surface area (Å²) in [5.41, 5.74) is 2.83. The maximum absolute atomic E-state index is 12.0. The summed E-state index contributed by atoms with van der Waals surface area (Å²) in [5.74, 6) is 0.698. The van der Waals surface area contributed by atoms with Gasteiger partial charge in [-0.3, -0.25) is 9.79 Å². The van der Waals surface area contributed by atoms with E-state index in [1.54, 1.807) is 18.2 Å². The molecule has 6 heteroatoms. The molecule has 0 spiro atoms. The quantitative estimate of drug-likeness (QED) is 0.834. The van der Waals surface area contributed by atoms with Crippen molar-refractivity contribution in [1.82, 2.24) is 10.6 Å². The molecule has 0 saturated carbocycles. The summed E-state index contributed by atoms with van der Waals surface area (Å²) < 4.78 is 0. The molecular weight excluding hydrogens is 333 g/mol. The van der Waals surface area contributed by atoms with Crippen LogP contribution >= 0.6 is 23.2 Å². The molecule has 0 bridgehead atoms. The molecule has 0 radical (unpaired) electrons. The SMILES string of the molecule is O=C(NCCNC1=NCc2ccccc21)c1ccc(Cl)c(Cl)c1. The molecule has 0 atom stereocenters. The third-order valence-electron chi connectivity index (χ3n) is 3.56. The topological polar surface area (TPSA) is 53.5 Å². The lowest BCUT2D eigenvalue weighted by Crippen LogP contribution is -2.34. The van der Waals surface area contributed by atoms with E-state index in [9.17, 15) is 4.79 Å².